The lowest BCUT2D eigenvalue weighted by molar-refractivity contribution is 0.416. The summed E-state index contributed by atoms with van der Waals surface area (Å²) in [6.45, 7) is 24.0. The molecule has 0 atom stereocenters. The zero-order valence-corrected chi connectivity index (χ0v) is 27.1. The number of hydrogen-bond acceptors (Lipinski definition) is 6. The molecular weight excluding hydrogens is 498 g/mol. The quantitative estimate of drug-likeness (QED) is 0.262. The lowest BCUT2D eigenvalue weighted by atomic mass is 10.1. The van der Waals surface area contributed by atoms with E-state index in [1.807, 2.05) is 107 Å². The summed E-state index contributed by atoms with van der Waals surface area (Å²) in [5, 5.41) is 20.5. The molecule has 0 unspecified atom stereocenters. The molecule has 4 aromatic rings. The minimum atomic E-state index is 0.0583. The summed E-state index contributed by atoms with van der Waals surface area (Å²) in [6.07, 6.45) is 0. The first-order valence-corrected chi connectivity index (χ1v) is 14.6. The van der Waals surface area contributed by atoms with Gasteiger partial charge in [0.2, 0.25) is 0 Å². The van der Waals surface area contributed by atoms with E-state index < -0.39 is 0 Å². The second kappa shape index (κ2) is 26.7. The van der Waals surface area contributed by atoms with Gasteiger partial charge in [-0.25, -0.2) is 15.0 Å². The smallest absolute Gasteiger partial charge is 0.167 e. The third-order valence-corrected chi connectivity index (χ3v) is 4.27. The number of benzene rings is 3. The first-order valence-electron chi connectivity index (χ1n) is 14.6. The first-order chi connectivity index (χ1) is 19.7. The second-order valence-electron chi connectivity index (χ2n) is 6.04. The number of phenols is 2. The van der Waals surface area contributed by atoms with Gasteiger partial charge in [-0.05, 0) is 36.4 Å². The Bertz CT molecular complexity index is 1080. The molecule has 0 aliphatic heterocycles. The van der Waals surface area contributed by atoms with Gasteiger partial charge in [0.05, 0.1) is 23.8 Å². The van der Waals surface area contributed by atoms with E-state index in [4.69, 9.17) is 4.74 Å². The molecule has 6 heteroatoms. The lowest BCUT2D eigenvalue weighted by Gasteiger charge is -2.11. The molecule has 0 radical (unpaired) electrons. The highest BCUT2D eigenvalue weighted by atomic mass is 16.5. The molecule has 0 bridgehead atoms. The number of rotatable bonds is 4. The number of nitrogens with zero attached hydrogens (tertiary/aromatic N) is 3. The summed E-state index contributed by atoms with van der Waals surface area (Å²) >= 11 is 0. The van der Waals surface area contributed by atoms with Crippen LogP contribution in [0, 0.1) is 0 Å². The molecule has 1 heterocycles. The number of hydrogen-bond donors (Lipinski definition) is 2. The van der Waals surface area contributed by atoms with E-state index in [1.54, 1.807) is 55.6 Å². The van der Waals surface area contributed by atoms with Crippen molar-refractivity contribution < 1.29 is 14.9 Å². The van der Waals surface area contributed by atoms with Crippen LogP contribution < -0.4 is 4.74 Å². The maximum Gasteiger partial charge on any atom is 0.167 e. The standard InChI is InChI=1S/C22H17N3O3.6C2H6/c1-28-19-13-7-4-10-16(19)22-24-20(14-8-2-5-11-17(14)26)23-21(25-22)15-9-3-6-12-18(15)27;6*1-2/h2-13,26-27H,1H3;6*1-2H3. The number of ether oxygens (including phenoxy) is 1. The van der Waals surface area contributed by atoms with Crippen molar-refractivity contribution in [2.45, 2.75) is 83.1 Å². The zero-order valence-electron chi connectivity index (χ0n) is 27.1. The fourth-order valence-corrected chi connectivity index (χ4v) is 2.89. The number of aromatic hydroxyl groups is 2. The van der Waals surface area contributed by atoms with Crippen LogP contribution in [0.2, 0.25) is 0 Å². The Balaban J connectivity index is -0.00000101. The van der Waals surface area contributed by atoms with Gasteiger partial charge in [0.25, 0.3) is 0 Å². The Morgan fingerprint density at radius 3 is 1.02 bits per heavy atom. The van der Waals surface area contributed by atoms with Gasteiger partial charge in [-0.2, -0.15) is 0 Å². The summed E-state index contributed by atoms with van der Waals surface area (Å²) in [6, 6.07) is 21.0. The molecule has 1 aromatic heterocycles. The van der Waals surface area contributed by atoms with Gasteiger partial charge in [-0.3, -0.25) is 0 Å². The summed E-state index contributed by atoms with van der Waals surface area (Å²) in [4.78, 5) is 13.6. The van der Waals surface area contributed by atoms with E-state index in [-0.39, 0.29) is 11.5 Å². The Morgan fingerprint density at radius 1 is 0.425 bits per heavy atom. The summed E-state index contributed by atoms with van der Waals surface area (Å²) in [7, 11) is 1.58. The Morgan fingerprint density at radius 2 is 0.700 bits per heavy atom. The van der Waals surface area contributed by atoms with Crippen LogP contribution in [0.4, 0.5) is 0 Å². The van der Waals surface area contributed by atoms with Crippen molar-refractivity contribution in [3.8, 4) is 51.4 Å². The third kappa shape index (κ3) is 12.3. The van der Waals surface area contributed by atoms with Crippen LogP contribution in [0.15, 0.2) is 72.8 Å². The topological polar surface area (TPSA) is 88.4 Å². The zero-order chi connectivity index (χ0) is 31.5. The highest BCUT2D eigenvalue weighted by Gasteiger charge is 2.17. The van der Waals surface area contributed by atoms with Crippen molar-refractivity contribution in [1.82, 2.24) is 15.0 Å². The second-order valence-corrected chi connectivity index (χ2v) is 6.04. The van der Waals surface area contributed by atoms with Gasteiger partial charge in [0, 0.05) is 0 Å². The molecule has 4 rings (SSSR count). The fourth-order valence-electron chi connectivity index (χ4n) is 2.89. The summed E-state index contributed by atoms with van der Waals surface area (Å²) < 4.78 is 5.44. The average Bonchev–Trinajstić information content (AvgIpc) is 3.07. The van der Waals surface area contributed by atoms with E-state index in [1.165, 1.54) is 0 Å². The van der Waals surface area contributed by atoms with Gasteiger partial charge in [0.15, 0.2) is 17.5 Å². The minimum absolute atomic E-state index is 0.0583. The molecule has 0 saturated heterocycles. The van der Waals surface area contributed by atoms with Gasteiger partial charge in [0.1, 0.15) is 17.2 Å². The van der Waals surface area contributed by atoms with Crippen LogP contribution >= 0.6 is 0 Å². The van der Waals surface area contributed by atoms with Crippen LogP contribution in [0.1, 0.15) is 83.1 Å². The number of aromatic nitrogens is 3. The number of phenolic OH excluding ortho intramolecular Hbond substituents is 2. The van der Waals surface area contributed by atoms with Gasteiger partial charge >= 0.3 is 0 Å². The molecule has 3 aromatic carbocycles. The van der Waals surface area contributed by atoms with Crippen LogP contribution in [0.3, 0.4) is 0 Å². The maximum absolute atomic E-state index is 10.3. The normalized spacial score (nSPS) is 8.32. The molecule has 0 aliphatic carbocycles. The van der Waals surface area contributed by atoms with Crippen molar-refractivity contribution >= 4 is 0 Å². The van der Waals surface area contributed by atoms with E-state index >= 15 is 0 Å². The lowest BCUT2D eigenvalue weighted by Crippen LogP contribution is -2.01. The maximum atomic E-state index is 10.3. The predicted octanol–water partition coefficient (Wildman–Crippen LogP) is 10.4. The SMILES string of the molecule is CC.CC.CC.CC.CC.CC.COc1ccccc1-c1nc(-c2ccccc2O)nc(-c2ccccc2O)n1. The van der Waals surface area contributed by atoms with Crippen LogP contribution in [-0.4, -0.2) is 32.3 Å². The molecular formula is C34H53N3O3. The molecule has 0 amide bonds. The molecule has 222 valence electrons. The highest BCUT2D eigenvalue weighted by molar-refractivity contribution is 5.73. The highest BCUT2D eigenvalue weighted by Crippen LogP contribution is 2.34. The Labute approximate surface area is 244 Å². The molecule has 0 saturated carbocycles. The summed E-state index contributed by atoms with van der Waals surface area (Å²) in [5.41, 5.74) is 1.62. The van der Waals surface area contributed by atoms with Gasteiger partial charge < -0.3 is 14.9 Å². The van der Waals surface area contributed by atoms with Crippen molar-refractivity contribution in [3.05, 3.63) is 72.8 Å². The molecule has 0 spiro atoms. The van der Waals surface area contributed by atoms with Crippen molar-refractivity contribution in [2.24, 2.45) is 0 Å². The predicted molar refractivity (Wildman–Crippen MR) is 174 cm³/mol. The first kappa shape index (κ1) is 40.6. The van der Waals surface area contributed by atoms with Crippen LogP contribution in [-0.2, 0) is 0 Å². The van der Waals surface area contributed by atoms with E-state index in [2.05, 4.69) is 15.0 Å². The van der Waals surface area contributed by atoms with Crippen molar-refractivity contribution in [2.75, 3.05) is 7.11 Å². The van der Waals surface area contributed by atoms with E-state index in [0.29, 0.717) is 39.9 Å². The molecule has 6 nitrogen and oxygen atoms in total. The van der Waals surface area contributed by atoms with E-state index in [9.17, 15) is 10.2 Å². The summed E-state index contributed by atoms with van der Waals surface area (Å²) in [5.74, 6) is 1.70. The average molecular weight is 552 g/mol. The molecule has 2 N–H and O–H groups in total. The third-order valence-electron chi connectivity index (χ3n) is 4.27. The minimum Gasteiger partial charge on any atom is -0.507 e. The Kier molecular flexibility index (Phi) is 27.0. The molecule has 0 fully saturated rings. The number of methoxy groups -OCH3 is 1. The monoisotopic (exact) mass is 551 g/mol. The molecule has 40 heavy (non-hydrogen) atoms. The fraction of sp³-hybridized carbons (Fsp3) is 0.382. The Hall–Kier alpha value is -3.93. The van der Waals surface area contributed by atoms with Crippen molar-refractivity contribution in [3.63, 3.8) is 0 Å². The number of para-hydroxylation sites is 3. The van der Waals surface area contributed by atoms with Gasteiger partial charge in [-0.15, -0.1) is 0 Å². The van der Waals surface area contributed by atoms with E-state index in [0.717, 1.165) is 0 Å². The largest absolute Gasteiger partial charge is 0.507 e. The van der Waals surface area contributed by atoms with Gasteiger partial charge in [-0.1, -0.05) is 119 Å². The van der Waals surface area contributed by atoms with Crippen molar-refractivity contribution in [1.29, 1.82) is 0 Å². The van der Waals surface area contributed by atoms with Crippen LogP contribution in [0.25, 0.3) is 34.2 Å². The van der Waals surface area contributed by atoms with Crippen LogP contribution in [0.5, 0.6) is 17.2 Å². The molecule has 0 aliphatic rings.